The van der Waals surface area contributed by atoms with Gasteiger partial charge in [-0.2, -0.15) is 0 Å². The Hall–Kier alpha value is -1.19. The van der Waals surface area contributed by atoms with Crippen LogP contribution in [-0.4, -0.2) is 23.1 Å². The van der Waals surface area contributed by atoms with Gasteiger partial charge in [0.2, 0.25) is 0 Å². The molecule has 13 heavy (non-hydrogen) atoms. The van der Waals surface area contributed by atoms with Gasteiger partial charge in [0.1, 0.15) is 5.82 Å². The normalized spacial score (nSPS) is 10.2. The zero-order valence-corrected chi connectivity index (χ0v) is 8.21. The molecule has 0 aliphatic rings. The van der Waals surface area contributed by atoms with Gasteiger partial charge >= 0.3 is 0 Å². The predicted molar refractivity (Wildman–Crippen MR) is 50.3 cm³/mol. The molecule has 0 aromatic carbocycles. The van der Waals surface area contributed by atoms with Crippen molar-refractivity contribution in [3.05, 3.63) is 17.8 Å². The molecule has 1 heterocycles. The minimum atomic E-state index is -0.352. The van der Waals surface area contributed by atoms with Crippen LogP contribution >= 0.6 is 0 Å². The SMILES string of the molecule is CCN(CC)c1nc(C)ncc1F. The average molecular weight is 183 g/mol. The lowest BCUT2D eigenvalue weighted by atomic mass is 10.4. The van der Waals surface area contributed by atoms with Crippen LogP contribution in [0.1, 0.15) is 19.7 Å². The van der Waals surface area contributed by atoms with Crippen molar-refractivity contribution in [2.24, 2.45) is 0 Å². The van der Waals surface area contributed by atoms with E-state index in [2.05, 4.69) is 9.97 Å². The van der Waals surface area contributed by atoms with Crippen LogP contribution in [0.4, 0.5) is 10.2 Å². The maximum Gasteiger partial charge on any atom is 0.183 e. The van der Waals surface area contributed by atoms with Gasteiger partial charge in [0, 0.05) is 13.1 Å². The third kappa shape index (κ3) is 2.14. The molecule has 1 aromatic heterocycles. The zero-order chi connectivity index (χ0) is 9.84. The average Bonchev–Trinajstić information content (AvgIpc) is 2.13. The quantitative estimate of drug-likeness (QED) is 0.715. The van der Waals surface area contributed by atoms with E-state index in [4.69, 9.17) is 0 Å². The largest absolute Gasteiger partial charge is 0.355 e. The first-order valence-corrected chi connectivity index (χ1v) is 4.43. The molecule has 0 N–H and O–H groups in total. The summed E-state index contributed by atoms with van der Waals surface area (Å²) in [7, 11) is 0. The Balaban J connectivity index is 3.03. The molecule has 3 nitrogen and oxygen atoms in total. The van der Waals surface area contributed by atoms with Crippen LogP contribution in [0.3, 0.4) is 0 Å². The van der Waals surface area contributed by atoms with Crippen LogP contribution < -0.4 is 4.90 Å². The Morgan fingerprint density at radius 2 is 2.00 bits per heavy atom. The minimum Gasteiger partial charge on any atom is -0.355 e. The number of anilines is 1. The highest BCUT2D eigenvalue weighted by Gasteiger charge is 2.10. The Morgan fingerprint density at radius 3 is 2.54 bits per heavy atom. The summed E-state index contributed by atoms with van der Waals surface area (Å²) in [4.78, 5) is 9.70. The Bertz CT molecular complexity index is 284. The van der Waals surface area contributed by atoms with Crippen molar-refractivity contribution < 1.29 is 4.39 Å². The van der Waals surface area contributed by atoms with Gasteiger partial charge in [-0.3, -0.25) is 0 Å². The fraction of sp³-hybridized carbons (Fsp3) is 0.556. The van der Waals surface area contributed by atoms with E-state index < -0.39 is 0 Å². The van der Waals surface area contributed by atoms with E-state index in [1.165, 1.54) is 6.20 Å². The molecule has 0 atom stereocenters. The van der Waals surface area contributed by atoms with Gasteiger partial charge in [-0.1, -0.05) is 0 Å². The van der Waals surface area contributed by atoms with Gasteiger partial charge in [-0.05, 0) is 20.8 Å². The van der Waals surface area contributed by atoms with Crippen molar-refractivity contribution in [1.29, 1.82) is 0 Å². The summed E-state index contributed by atoms with van der Waals surface area (Å²) in [6, 6.07) is 0. The fourth-order valence-electron chi connectivity index (χ4n) is 1.19. The third-order valence-electron chi connectivity index (χ3n) is 1.91. The molecule has 0 bridgehead atoms. The summed E-state index contributed by atoms with van der Waals surface area (Å²) in [6.45, 7) is 7.21. The molecule has 1 aromatic rings. The second-order valence-electron chi connectivity index (χ2n) is 2.76. The molecule has 0 saturated carbocycles. The Morgan fingerprint density at radius 1 is 1.38 bits per heavy atom. The molecule has 0 saturated heterocycles. The van der Waals surface area contributed by atoms with Crippen molar-refractivity contribution in [2.45, 2.75) is 20.8 Å². The first-order chi connectivity index (χ1) is 6.19. The number of rotatable bonds is 3. The Kier molecular flexibility index (Phi) is 3.17. The molecule has 1 rings (SSSR count). The smallest absolute Gasteiger partial charge is 0.183 e. The van der Waals surface area contributed by atoms with Gasteiger partial charge in [0.15, 0.2) is 11.6 Å². The van der Waals surface area contributed by atoms with Crippen molar-refractivity contribution in [3.8, 4) is 0 Å². The van der Waals surface area contributed by atoms with Crippen molar-refractivity contribution >= 4 is 5.82 Å². The van der Waals surface area contributed by atoms with E-state index in [9.17, 15) is 4.39 Å². The standard InChI is InChI=1S/C9H14FN3/c1-4-13(5-2)9-8(10)6-11-7(3)12-9/h6H,4-5H2,1-3H3. The maximum absolute atomic E-state index is 13.2. The summed E-state index contributed by atoms with van der Waals surface area (Å²) in [6.07, 6.45) is 1.22. The molecule has 0 amide bonds. The van der Waals surface area contributed by atoms with Gasteiger partial charge in [0.25, 0.3) is 0 Å². The van der Waals surface area contributed by atoms with Crippen LogP contribution in [0.5, 0.6) is 0 Å². The monoisotopic (exact) mass is 183 g/mol. The number of aryl methyl sites for hydroxylation is 1. The van der Waals surface area contributed by atoms with Gasteiger partial charge in [0.05, 0.1) is 6.20 Å². The first-order valence-electron chi connectivity index (χ1n) is 4.43. The second-order valence-corrected chi connectivity index (χ2v) is 2.76. The predicted octanol–water partition coefficient (Wildman–Crippen LogP) is 1.77. The van der Waals surface area contributed by atoms with Crippen LogP contribution in [0.2, 0.25) is 0 Å². The molecular weight excluding hydrogens is 169 g/mol. The van der Waals surface area contributed by atoms with E-state index in [1.807, 2.05) is 18.7 Å². The minimum absolute atomic E-state index is 0.352. The number of aromatic nitrogens is 2. The molecule has 0 unspecified atom stereocenters. The lowest BCUT2D eigenvalue weighted by Crippen LogP contribution is -2.24. The van der Waals surface area contributed by atoms with Gasteiger partial charge in [-0.25, -0.2) is 14.4 Å². The van der Waals surface area contributed by atoms with Gasteiger partial charge in [-0.15, -0.1) is 0 Å². The van der Waals surface area contributed by atoms with Crippen LogP contribution in [0.25, 0.3) is 0 Å². The van der Waals surface area contributed by atoms with E-state index in [0.29, 0.717) is 11.6 Å². The fourth-order valence-corrected chi connectivity index (χ4v) is 1.19. The molecule has 72 valence electrons. The molecule has 0 aliphatic heterocycles. The highest BCUT2D eigenvalue weighted by Crippen LogP contribution is 2.14. The molecule has 0 aliphatic carbocycles. The summed E-state index contributed by atoms with van der Waals surface area (Å²) in [5.41, 5.74) is 0. The topological polar surface area (TPSA) is 29.0 Å². The van der Waals surface area contributed by atoms with E-state index in [1.54, 1.807) is 6.92 Å². The second kappa shape index (κ2) is 4.16. The molecular formula is C9H14FN3. The number of nitrogens with zero attached hydrogens (tertiary/aromatic N) is 3. The summed E-state index contributed by atoms with van der Waals surface area (Å²) in [5, 5.41) is 0. The molecule has 0 fully saturated rings. The van der Waals surface area contributed by atoms with Crippen molar-refractivity contribution in [2.75, 3.05) is 18.0 Å². The third-order valence-corrected chi connectivity index (χ3v) is 1.91. The maximum atomic E-state index is 13.2. The van der Waals surface area contributed by atoms with Gasteiger partial charge < -0.3 is 4.90 Å². The van der Waals surface area contributed by atoms with Crippen LogP contribution in [0, 0.1) is 12.7 Å². The molecule has 4 heteroatoms. The number of hydrogen-bond donors (Lipinski definition) is 0. The highest BCUT2D eigenvalue weighted by molar-refractivity contribution is 5.38. The van der Waals surface area contributed by atoms with Crippen molar-refractivity contribution in [3.63, 3.8) is 0 Å². The summed E-state index contributed by atoms with van der Waals surface area (Å²) in [5.74, 6) is 0.648. The number of halogens is 1. The highest BCUT2D eigenvalue weighted by atomic mass is 19.1. The zero-order valence-electron chi connectivity index (χ0n) is 8.21. The lowest BCUT2D eigenvalue weighted by molar-refractivity contribution is 0.601. The van der Waals surface area contributed by atoms with Crippen molar-refractivity contribution in [1.82, 2.24) is 9.97 Å². The van der Waals surface area contributed by atoms with E-state index in [0.717, 1.165) is 13.1 Å². The van der Waals surface area contributed by atoms with E-state index >= 15 is 0 Å². The first kappa shape index (κ1) is 9.89. The Labute approximate surface area is 77.6 Å². The summed E-state index contributed by atoms with van der Waals surface area (Å²) >= 11 is 0. The van der Waals surface area contributed by atoms with Crippen LogP contribution in [-0.2, 0) is 0 Å². The lowest BCUT2D eigenvalue weighted by Gasteiger charge is -2.19. The molecule has 0 spiro atoms. The van der Waals surface area contributed by atoms with E-state index in [-0.39, 0.29) is 5.82 Å². The number of hydrogen-bond acceptors (Lipinski definition) is 3. The molecule has 0 radical (unpaired) electrons. The van der Waals surface area contributed by atoms with Crippen LogP contribution in [0.15, 0.2) is 6.20 Å². The summed E-state index contributed by atoms with van der Waals surface area (Å²) < 4.78 is 13.2.